The molecule has 126 valence electrons. The average molecular weight is 328 g/mol. The Bertz CT molecular complexity index is 785. The molecule has 1 aliphatic rings. The number of morpholine rings is 1. The molecule has 7 nitrogen and oxygen atoms in total. The Labute approximate surface area is 140 Å². The quantitative estimate of drug-likeness (QED) is 0.902. The molecule has 3 rings (SSSR count). The van der Waals surface area contributed by atoms with Crippen molar-refractivity contribution in [1.29, 1.82) is 0 Å². The molecule has 0 radical (unpaired) electrons. The van der Waals surface area contributed by atoms with Gasteiger partial charge in [0.05, 0.1) is 42.2 Å². The van der Waals surface area contributed by atoms with Crippen molar-refractivity contribution >= 4 is 22.8 Å². The van der Waals surface area contributed by atoms with Crippen LogP contribution in [0.25, 0.3) is 11.0 Å². The van der Waals surface area contributed by atoms with E-state index in [1.165, 1.54) is 0 Å². The van der Waals surface area contributed by atoms with E-state index in [0.717, 1.165) is 16.9 Å². The lowest BCUT2D eigenvalue weighted by atomic mass is 10.1. The number of fused-ring (bicyclic) bond motifs is 1. The number of nitrogens with one attached hydrogen (secondary N) is 1. The van der Waals surface area contributed by atoms with E-state index in [1.54, 1.807) is 23.1 Å². The molecule has 2 aromatic rings. The molecular formula is C17H20N4O3. The fourth-order valence-corrected chi connectivity index (χ4v) is 2.55. The van der Waals surface area contributed by atoms with E-state index in [9.17, 15) is 9.59 Å². The van der Waals surface area contributed by atoms with E-state index < -0.39 is 0 Å². The Hall–Kier alpha value is -2.54. The minimum absolute atomic E-state index is 0.0184. The zero-order valence-corrected chi connectivity index (χ0v) is 13.8. The first kappa shape index (κ1) is 16.3. The number of rotatable bonds is 3. The van der Waals surface area contributed by atoms with Crippen LogP contribution in [0, 0.1) is 13.8 Å². The number of nitrogens with zero attached hydrogens (tertiary/aromatic N) is 3. The first-order valence-electron chi connectivity index (χ1n) is 7.93. The molecule has 0 saturated carbocycles. The van der Waals surface area contributed by atoms with Crippen LogP contribution in [-0.4, -0.2) is 59.5 Å². The number of aromatic nitrogens is 2. The fraction of sp³-hybridized carbons (Fsp3) is 0.412. The van der Waals surface area contributed by atoms with Crippen molar-refractivity contribution in [1.82, 2.24) is 20.2 Å². The van der Waals surface area contributed by atoms with Gasteiger partial charge in [-0.1, -0.05) is 0 Å². The second-order valence-corrected chi connectivity index (χ2v) is 5.77. The highest BCUT2D eigenvalue weighted by atomic mass is 16.5. The summed E-state index contributed by atoms with van der Waals surface area (Å²) in [6.07, 6.45) is 0. The van der Waals surface area contributed by atoms with Gasteiger partial charge in [-0.2, -0.15) is 0 Å². The van der Waals surface area contributed by atoms with Gasteiger partial charge in [-0.25, -0.2) is 9.97 Å². The zero-order valence-electron chi connectivity index (χ0n) is 13.8. The third-order valence-electron chi connectivity index (χ3n) is 4.10. The molecule has 1 fully saturated rings. The van der Waals surface area contributed by atoms with E-state index in [1.807, 2.05) is 13.8 Å². The van der Waals surface area contributed by atoms with E-state index in [2.05, 4.69) is 15.3 Å². The van der Waals surface area contributed by atoms with Crippen molar-refractivity contribution in [2.45, 2.75) is 13.8 Å². The Balaban J connectivity index is 1.67. The minimum atomic E-state index is -0.293. The molecule has 1 aromatic heterocycles. The number of aryl methyl sites for hydroxylation is 2. The summed E-state index contributed by atoms with van der Waals surface area (Å²) >= 11 is 0. The molecule has 0 unspecified atom stereocenters. The molecular weight excluding hydrogens is 308 g/mol. The minimum Gasteiger partial charge on any atom is -0.378 e. The Kier molecular flexibility index (Phi) is 4.71. The van der Waals surface area contributed by atoms with Crippen LogP contribution in [0.4, 0.5) is 0 Å². The molecule has 1 aromatic carbocycles. The van der Waals surface area contributed by atoms with Gasteiger partial charge < -0.3 is 15.0 Å². The van der Waals surface area contributed by atoms with Crippen LogP contribution in [0.5, 0.6) is 0 Å². The standard InChI is InChI=1S/C17H20N4O3/c1-11-12(2)20-15-9-13(3-4-14(15)19-11)17(23)18-10-16(22)21-5-7-24-8-6-21/h3-4,9H,5-8,10H2,1-2H3,(H,18,23). The Morgan fingerprint density at radius 2 is 1.79 bits per heavy atom. The maximum Gasteiger partial charge on any atom is 0.251 e. The van der Waals surface area contributed by atoms with Gasteiger partial charge >= 0.3 is 0 Å². The number of hydrogen-bond donors (Lipinski definition) is 1. The number of carbonyl (C=O) groups excluding carboxylic acids is 2. The summed E-state index contributed by atoms with van der Waals surface area (Å²) in [5.41, 5.74) is 3.59. The van der Waals surface area contributed by atoms with Gasteiger partial charge in [-0.15, -0.1) is 0 Å². The van der Waals surface area contributed by atoms with E-state index in [4.69, 9.17) is 4.74 Å². The molecule has 0 aliphatic carbocycles. The molecule has 0 atom stereocenters. The summed E-state index contributed by atoms with van der Waals surface area (Å²) in [4.78, 5) is 34.9. The lowest BCUT2D eigenvalue weighted by Crippen LogP contribution is -2.45. The maximum absolute atomic E-state index is 12.3. The van der Waals surface area contributed by atoms with E-state index in [-0.39, 0.29) is 18.4 Å². The summed E-state index contributed by atoms with van der Waals surface area (Å²) in [7, 11) is 0. The van der Waals surface area contributed by atoms with Crippen LogP contribution >= 0.6 is 0 Å². The predicted octanol–water partition coefficient (Wildman–Crippen LogP) is 0.835. The topological polar surface area (TPSA) is 84.4 Å². The summed E-state index contributed by atoms with van der Waals surface area (Å²) in [5.74, 6) is -0.391. The lowest BCUT2D eigenvalue weighted by Gasteiger charge is -2.26. The van der Waals surface area contributed by atoms with Crippen molar-refractivity contribution < 1.29 is 14.3 Å². The number of benzene rings is 1. The molecule has 0 bridgehead atoms. The van der Waals surface area contributed by atoms with Gasteiger partial charge in [0.15, 0.2) is 0 Å². The molecule has 2 heterocycles. The van der Waals surface area contributed by atoms with Gasteiger partial charge in [-0.05, 0) is 32.0 Å². The van der Waals surface area contributed by atoms with Crippen LogP contribution in [-0.2, 0) is 9.53 Å². The third-order valence-corrected chi connectivity index (χ3v) is 4.10. The molecule has 24 heavy (non-hydrogen) atoms. The first-order valence-corrected chi connectivity index (χ1v) is 7.93. The summed E-state index contributed by atoms with van der Waals surface area (Å²) in [6.45, 7) is 5.99. The lowest BCUT2D eigenvalue weighted by molar-refractivity contribution is -0.134. The first-order chi connectivity index (χ1) is 11.5. The van der Waals surface area contributed by atoms with Crippen LogP contribution in [0.2, 0.25) is 0 Å². The van der Waals surface area contributed by atoms with Crippen molar-refractivity contribution in [2.75, 3.05) is 32.8 Å². The zero-order chi connectivity index (χ0) is 17.1. The van der Waals surface area contributed by atoms with Crippen LogP contribution < -0.4 is 5.32 Å². The van der Waals surface area contributed by atoms with Gasteiger partial charge in [-0.3, -0.25) is 9.59 Å². The van der Waals surface area contributed by atoms with E-state index >= 15 is 0 Å². The highest BCUT2D eigenvalue weighted by Crippen LogP contribution is 2.14. The maximum atomic E-state index is 12.3. The second-order valence-electron chi connectivity index (χ2n) is 5.77. The molecule has 0 spiro atoms. The largest absolute Gasteiger partial charge is 0.378 e. The van der Waals surface area contributed by atoms with E-state index in [0.29, 0.717) is 37.4 Å². The smallest absolute Gasteiger partial charge is 0.251 e. The molecule has 2 amide bonds. The van der Waals surface area contributed by atoms with Crippen molar-refractivity contribution in [3.05, 3.63) is 35.2 Å². The third kappa shape index (κ3) is 3.51. The molecule has 7 heteroatoms. The monoisotopic (exact) mass is 328 g/mol. The highest BCUT2D eigenvalue weighted by Gasteiger charge is 2.17. The van der Waals surface area contributed by atoms with Crippen molar-refractivity contribution in [3.8, 4) is 0 Å². The van der Waals surface area contributed by atoms with Crippen LogP contribution in [0.15, 0.2) is 18.2 Å². The normalized spacial score (nSPS) is 14.7. The van der Waals surface area contributed by atoms with Gasteiger partial charge in [0.2, 0.25) is 5.91 Å². The Morgan fingerprint density at radius 1 is 1.12 bits per heavy atom. The summed E-state index contributed by atoms with van der Waals surface area (Å²) in [6, 6.07) is 5.16. The van der Waals surface area contributed by atoms with Crippen molar-refractivity contribution in [2.24, 2.45) is 0 Å². The fourth-order valence-electron chi connectivity index (χ4n) is 2.55. The molecule has 1 saturated heterocycles. The van der Waals surface area contributed by atoms with Gasteiger partial charge in [0.25, 0.3) is 5.91 Å². The predicted molar refractivity (Wildman–Crippen MR) is 88.7 cm³/mol. The number of hydrogen-bond acceptors (Lipinski definition) is 5. The highest BCUT2D eigenvalue weighted by molar-refractivity contribution is 5.98. The molecule has 1 aliphatic heterocycles. The van der Waals surface area contributed by atoms with Crippen LogP contribution in [0.3, 0.4) is 0 Å². The number of amides is 2. The molecule has 1 N–H and O–H groups in total. The van der Waals surface area contributed by atoms with Crippen molar-refractivity contribution in [3.63, 3.8) is 0 Å². The van der Waals surface area contributed by atoms with Gasteiger partial charge in [0, 0.05) is 18.7 Å². The number of ether oxygens (including phenoxy) is 1. The van der Waals surface area contributed by atoms with Gasteiger partial charge in [0.1, 0.15) is 0 Å². The summed E-state index contributed by atoms with van der Waals surface area (Å²) < 4.78 is 5.21. The number of carbonyl (C=O) groups is 2. The Morgan fingerprint density at radius 3 is 2.50 bits per heavy atom. The SMILES string of the molecule is Cc1nc2ccc(C(=O)NCC(=O)N3CCOCC3)cc2nc1C. The average Bonchev–Trinajstić information content (AvgIpc) is 2.60. The summed E-state index contributed by atoms with van der Waals surface area (Å²) in [5, 5.41) is 2.67. The second kappa shape index (κ2) is 6.92. The van der Waals surface area contributed by atoms with Crippen LogP contribution in [0.1, 0.15) is 21.7 Å².